The van der Waals surface area contributed by atoms with Crippen LogP contribution in [-0.2, 0) is 9.59 Å². The van der Waals surface area contributed by atoms with Gasteiger partial charge in [0.2, 0.25) is 0 Å². The predicted molar refractivity (Wildman–Crippen MR) is 173 cm³/mol. The first kappa shape index (κ1) is 33.7. The van der Waals surface area contributed by atoms with E-state index in [9.17, 15) is 14.7 Å². The van der Waals surface area contributed by atoms with E-state index in [4.69, 9.17) is 9.47 Å². The lowest BCUT2D eigenvalue weighted by Crippen LogP contribution is -2.31. The maximum absolute atomic E-state index is 13.4. The van der Waals surface area contributed by atoms with Crippen LogP contribution in [0.1, 0.15) is 114 Å². The number of Topliss-reactive ketones (excluding diaryl/α,β-unsaturated/α-hetero) is 1. The Balaban J connectivity index is 1.63. The van der Waals surface area contributed by atoms with Crippen molar-refractivity contribution in [2.24, 2.45) is 0 Å². The van der Waals surface area contributed by atoms with Crippen LogP contribution in [0.15, 0.2) is 52.5 Å². The summed E-state index contributed by atoms with van der Waals surface area (Å²) in [6.07, 6.45) is 17.4. The smallest absolute Gasteiger partial charge is 0.295 e. The molecule has 1 saturated heterocycles. The summed E-state index contributed by atoms with van der Waals surface area (Å²) in [7, 11) is 3.12. The molecule has 1 heterocycles. The number of carbonyl (C=O) groups is 2. The van der Waals surface area contributed by atoms with E-state index in [1.165, 1.54) is 70.6 Å². The molecule has 0 radical (unpaired) electrons. The number of ketones is 1. The molecule has 1 aliphatic rings. The molecule has 2 aromatic carbocycles. The number of hydrogen-bond donors (Lipinski definition) is 1. The maximum Gasteiger partial charge on any atom is 0.295 e. The topological polar surface area (TPSA) is 76.1 Å². The molecule has 42 heavy (non-hydrogen) atoms. The highest BCUT2D eigenvalue weighted by atomic mass is 79.9. The molecule has 0 aliphatic carbocycles. The highest BCUT2D eigenvalue weighted by molar-refractivity contribution is 9.10. The number of ether oxygens (including phenoxy) is 2. The van der Waals surface area contributed by atoms with Crippen molar-refractivity contribution in [3.8, 4) is 11.5 Å². The van der Waals surface area contributed by atoms with Gasteiger partial charge < -0.3 is 19.5 Å². The first-order chi connectivity index (χ1) is 20.4. The third kappa shape index (κ3) is 9.35. The normalized spacial score (nSPS) is 16.3. The minimum atomic E-state index is -0.758. The second-order valence-electron chi connectivity index (χ2n) is 11.2. The highest BCUT2D eigenvalue weighted by Crippen LogP contribution is 2.44. The fourth-order valence-electron chi connectivity index (χ4n) is 5.75. The van der Waals surface area contributed by atoms with Crippen molar-refractivity contribution in [2.75, 3.05) is 20.8 Å². The first-order valence-electron chi connectivity index (χ1n) is 15.7. The van der Waals surface area contributed by atoms with Gasteiger partial charge in [-0.2, -0.15) is 0 Å². The second kappa shape index (κ2) is 18.0. The molecule has 0 bridgehead atoms. The van der Waals surface area contributed by atoms with E-state index in [2.05, 4.69) is 22.9 Å². The Morgan fingerprint density at radius 1 is 0.810 bits per heavy atom. The van der Waals surface area contributed by atoms with E-state index >= 15 is 0 Å². The Morgan fingerprint density at radius 2 is 1.40 bits per heavy atom. The predicted octanol–water partition coefficient (Wildman–Crippen LogP) is 9.37. The van der Waals surface area contributed by atoms with Crippen molar-refractivity contribution in [1.29, 1.82) is 0 Å². The van der Waals surface area contributed by atoms with Gasteiger partial charge in [-0.05, 0) is 30.7 Å². The van der Waals surface area contributed by atoms with E-state index in [1.807, 2.05) is 6.07 Å². The monoisotopic (exact) mass is 641 g/mol. The summed E-state index contributed by atoms with van der Waals surface area (Å²) in [5.74, 6) is -0.371. The average molecular weight is 643 g/mol. The van der Waals surface area contributed by atoms with Crippen LogP contribution in [-0.4, -0.2) is 42.5 Å². The van der Waals surface area contributed by atoms with E-state index in [0.717, 1.165) is 23.7 Å². The van der Waals surface area contributed by atoms with Crippen LogP contribution in [0.3, 0.4) is 0 Å². The standard InChI is InChI=1S/C35H48BrNO5/c1-4-5-6-7-8-9-10-11-12-13-14-15-16-17-23-37-32(29-22-21-28(41-2)25-30(29)42-3)31(34(39)35(37)40)33(38)26-19-18-20-27(36)24-26/h18-22,24-25,32,38H,4-17,23H2,1-3H3. The van der Waals surface area contributed by atoms with Crippen LogP contribution in [0.5, 0.6) is 11.5 Å². The lowest BCUT2D eigenvalue weighted by atomic mass is 9.94. The number of benzene rings is 2. The van der Waals surface area contributed by atoms with Gasteiger partial charge in [-0.25, -0.2) is 0 Å². The van der Waals surface area contributed by atoms with Crippen molar-refractivity contribution >= 4 is 33.4 Å². The van der Waals surface area contributed by atoms with Crippen LogP contribution in [0.25, 0.3) is 5.76 Å². The minimum Gasteiger partial charge on any atom is -0.507 e. The molecule has 3 rings (SSSR count). The van der Waals surface area contributed by atoms with Crippen LogP contribution < -0.4 is 9.47 Å². The summed E-state index contributed by atoms with van der Waals surface area (Å²) in [6, 6.07) is 11.7. The maximum atomic E-state index is 13.4. The Morgan fingerprint density at radius 3 is 1.95 bits per heavy atom. The number of nitrogens with zero attached hydrogens (tertiary/aromatic N) is 1. The number of unbranched alkanes of at least 4 members (excludes halogenated alkanes) is 13. The highest BCUT2D eigenvalue weighted by Gasteiger charge is 2.46. The molecular weight excluding hydrogens is 594 g/mol. The Kier molecular flexibility index (Phi) is 14.4. The molecule has 2 aromatic rings. The molecule has 0 aromatic heterocycles. The number of rotatable bonds is 19. The summed E-state index contributed by atoms with van der Waals surface area (Å²) in [4.78, 5) is 28.3. The van der Waals surface area contributed by atoms with E-state index in [1.54, 1.807) is 55.5 Å². The van der Waals surface area contributed by atoms with E-state index in [0.29, 0.717) is 29.2 Å². The number of aliphatic hydroxyl groups is 1. The van der Waals surface area contributed by atoms with Crippen LogP contribution in [0.2, 0.25) is 0 Å². The summed E-state index contributed by atoms with van der Waals surface area (Å²) in [6.45, 7) is 2.69. The third-order valence-corrected chi connectivity index (χ3v) is 8.62. The fourth-order valence-corrected chi connectivity index (χ4v) is 6.15. The second-order valence-corrected chi connectivity index (χ2v) is 12.1. The number of halogens is 1. The largest absolute Gasteiger partial charge is 0.507 e. The fraction of sp³-hybridized carbons (Fsp3) is 0.543. The van der Waals surface area contributed by atoms with Gasteiger partial charge in [0.1, 0.15) is 17.3 Å². The molecule has 0 saturated carbocycles. The van der Waals surface area contributed by atoms with Gasteiger partial charge in [0, 0.05) is 28.2 Å². The van der Waals surface area contributed by atoms with Gasteiger partial charge >= 0.3 is 0 Å². The minimum absolute atomic E-state index is 0.0759. The lowest BCUT2D eigenvalue weighted by Gasteiger charge is -2.27. The zero-order valence-corrected chi connectivity index (χ0v) is 27.2. The Hall–Kier alpha value is -2.80. The van der Waals surface area contributed by atoms with Gasteiger partial charge in [-0.15, -0.1) is 0 Å². The summed E-state index contributed by atoms with van der Waals surface area (Å²) in [5.41, 5.74) is 1.18. The van der Waals surface area contributed by atoms with Gasteiger partial charge in [-0.1, -0.05) is 118 Å². The molecule has 0 spiro atoms. The average Bonchev–Trinajstić information content (AvgIpc) is 3.25. The van der Waals surface area contributed by atoms with Crippen LogP contribution in [0.4, 0.5) is 0 Å². The van der Waals surface area contributed by atoms with Gasteiger partial charge in [-0.3, -0.25) is 9.59 Å². The Bertz CT molecular complexity index is 1190. The van der Waals surface area contributed by atoms with Crippen molar-refractivity contribution in [3.05, 3.63) is 63.6 Å². The molecule has 1 aliphatic heterocycles. The summed E-state index contributed by atoms with van der Waals surface area (Å²) >= 11 is 3.43. The summed E-state index contributed by atoms with van der Waals surface area (Å²) in [5, 5.41) is 11.3. The van der Waals surface area contributed by atoms with Crippen molar-refractivity contribution < 1.29 is 24.2 Å². The quantitative estimate of drug-likeness (QED) is 0.0715. The molecule has 1 fully saturated rings. The SMILES string of the molecule is CCCCCCCCCCCCCCCCN1C(=O)C(=O)C(=C(O)c2cccc(Br)c2)C1c1ccc(OC)cc1OC. The van der Waals surface area contributed by atoms with E-state index < -0.39 is 17.7 Å². The third-order valence-electron chi connectivity index (χ3n) is 8.13. The molecule has 6 nitrogen and oxygen atoms in total. The number of aliphatic hydroxyl groups excluding tert-OH is 1. The van der Waals surface area contributed by atoms with Gasteiger partial charge in [0.15, 0.2) is 0 Å². The zero-order chi connectivity index (χ0) is 30.3. The number of methoxy groups -OCH3 is 2. The van der Waals surface area contributed by atoms with Gasteiger partial charge in [0.05, 0.1) is 25.8 Å². The molecular formula is C35H48BrNO5. The van der Waals surface area contributed by atoms with Crippen LogP contribution >= 0.6 is 15.9 Å². The molecule has 230 valence electrons. The van der Waals surface area contributed by atoms with Crippen molar-refractivity contribution in [2.45, 2.75) is 103 Å². The first-order valence-corrected chi connectivity index (χ1v) is 16.5. The molecule has 7 heteroatoms. The molecule has 1 amide bonds. The molecule has 1 unspecified atom stereocenters. The summed E-state index contributed by atoms with van der Waals surface area (Å²) < 4.78 is 11.8. The van der Waals surface area contributed by atoms with Crippen LogP contribution in [0, 0.1) is 0 Å². The number of likely N-dealkylation sites (tertiary alicyclic amines) is 1. The van der Waals surface area contributed by atoms with Crippen molar-refractivity contribution in [3.63, 3.8) is 0 Å². The van der Waals surface area contributed by atoms with Crippen molar-refractivity contribution in [1.82, 2.24) is 4.90 Å². The van der Waals surface area contributed by atoms with Gasteiger partial charge in [0.25, 0.3) is 11.7 Å². The zero-order valence-electron chi connectivity index (χ0n) is 25.6. The Labute approximate surface area is 260 Å². The number of amides is 1. The van der Waals surface area contributed by atoms with E-state index in [-0.39, 0.29) is 11.3 Å². The molecule has 1 atom stereocenters. The number of carbonyl (C=O) groups excluding carboxylic acids is 2. The molecule has 1 N–H and O–H groups in total. The lowest BCUT2D eigenvalue weighted by molar-refractivity contribution is -0.139. The number of hydrogen-bond acceptors (Lipinski definition) is 5.